The largest absolute Gasteiger partial charge is 0.325 e. The Bertz CT molecular complexity index is 723. The molecule has 2 aliphatic rings. The SMILES string of the molecule is O=C(N1CCCCC1)N1CCN(S(=O)(=O)c2cc(F)cc(F)c2)CC1. The fourth-order valence-electron chi connectivity index (χ4n) is 3.23. The first kappa shape index (κ1) is 18.1. The molecule has 0 atom stereocenters. The van der Waals surface area contributed by atoms with Crippen LogP contribution >= 0.6 is 0 Å². The first-order chi connectivity index (χ1) is 11.9. The lowest BCUT2D eigenvalue weighted by atomic mass is 10.1. The number of piperazine rings is 1. The third kappa shape index (κ3) is 3.92. The molecule has 0 saturated carbocycles. The Kier molecular flexibility index (Phi) is 5.24. The molecule has 9 heteroatoms. The lowest BCUT2D eigenvalue weighted by Gasteiger charge is -2.38. The van der Waals surface area contributed by atoms with E-state index in [4.69, 9.17) is 0 Å². The van der Waals surface area contributed by atoms with Gasteiger partial charge in [0.05, 0.1) is 4.90 Å². The number of piperidine rings is 1. The number of carbonyl (C=O) groups is 1. The van der Waals surface area contributed by atoms with E-state index in [1.807, 2.05) is 0 Å². The minimum absolute atomic E-state index is 0.0615. The molecule has 2 amide bonds. The number of sulfonamides is 1. The summed E-state index contributed by atoms with van der Waals surface area (Å²) in [5.41, 5.74) is 0. The van der Waals surface area contributed by atoms with Gasteiger partial charge in [0.2, 0.25) is 10.0 Å². The minimum Gasteiger partial charge on any atom is -0.325 e. The van der Waals surface area contributed by atoms with Crippen molar-refractivity contribution in [2.45, 2.75) is 24.2 Å². The van der Waals surface area contributed by atoms with Crippen LogP contribution in [0.25, 0.3) is 0 Å². The molecule has 0 N–H and O–H groups in total. The molecule has 0 spiro atoms. The van der Waals surface area contributed by atoms with E-state index in [2.05, 4.69) is 0 Å². The summed E-state index contributed by atoms with van der Waals surface area (Å²) in [6.07, 6.45) is 3.11. The van der Waals surface area contributed by atoms with Crippen LogP contribution < -0.4 is 0 Å². The van der Waals surface area contributed by atoms with Crippen LogP contribution in [-0.4, -0.2) is 67.8 Å². The van der Waals surface area contributed by atoms with Crippen molar-refractivity contribution in [3.8, 4) is 0 Å². The highest BCUT2D eigenvalue weighted by Gasteiger charge is 2.32. The van der Waals surface area contributed by atoms with Gasteiger partial charge >= 0.3 is 6.03 Å². The van der Waals surface area contributed by atoms with Crippen molar-refractivity contribution in [2.24, 2.45) is 0 Å². The van der Waals surface area contributed by atoms with Crippen LogP contribution in [0.5, 0.6) is 0 Å². The molecule has 0 radical (unpaired) electrons. The third-order valence-corrected chi connectivity index (χ3v) is 6.49. The maximum absolute atomic E-state index is 13.3. The van der Waals surface area contributed by atoms with Gasteiger partial charge in [-0.2, -0.15) is 4.31 Å². The highest BCUT2D eigenvalue weighted by atomic mass is 32.2. The predicted molar refractivity (Wildman–Crippen MR) is 87.5 cm³/mol. The highest BCUT2D eigenvalue weighted by molar-refractivity contribution is 7.89. The molecule has 1 aromatic rings. The Labute approximate surface area is 146 Å². The molecule has 0 aliphatic carbocycles. The monoisotopic (exact) mass is 373 g/mol. The van der Waals surface area contributed by atoms with Crippen LogP contribution in [0.2, 0.25) is 0 Å². The molecule has 0 aromatic heterocycles. The van der Waals surface area contributed by atoms with Crippen molar-refractivity contribution in [2.75, 3.05) is 39.3 Å². The van der Waals surface area contributed by atoms with E-state index in [1.54, 1.807) is 9.80 Å². The Hall–Kier alpha value is -1.74. The number of urea groups is 1. The lowest BCUT2D eigenvalue weighted by molar-refractivity contribution is 0.126. The second kappa shape index (κ2) is 7.25. The van der Waals surface area contributed by atoms with Gasteiger partial charge in [0.1, 0.15) is 11.6 Å². The Morgan fingerprint density at radius 3 is 1.88 bits per heavy atom. The van der Waals surface area contributed by atoms with E-state index in [0.717, 1.165) is 44.5 Å². The van der Waals surface area contributed by atoms with Crippen molar-refractivity contribution in [3.05, 3.63) is 29.8 Å². The zero-order valence-electron chi connectivity index (χ0n) is 13.8. The summed E-state index contributed by atoms with van der Waals surface area (Å²) in [6.45, 7) is 2.23. The van der Waals surface area contributed by atoms with Crippen molar-refractivity contribution in [3.63, 3.8) is 0 Å². The highest BCUT2D eigenvalue weighted by Crippen LogP contribution is 2.21. The standard InChI is InChI=1S/C16H21F2N3O3S/c17-13-10-14(18)12-15(11-13)25(23,24)21-8-6-20(7-9-21)16(22)19-4-2-1-3-5-19/h10-12H,1-9H2. The van der Waals surface area contributed by atoms with Crippen LogP contribution in [-0.2, 0) is 10.0 Å². The summed E-state index contributed by atoms with van der Waals surface area (Å²) in [7, 11) is -3.98. The number of likely N-dealkylation sites (tertiary alicyclic amines) is 1. The fraction of sp³-hybridized carbons (Fsp3) is 0.562. The molecular formula is C16H21F2N3O3S. The second-order valence-corrected chi connectivity index (χ2v) is 8.26. The number of hydrogen-bond donors (Lipinski definition) is 0. The van der Waals surface area contributed by atoms with Gasteiger partial charge in [-0.15, -0.1) is 0 Å². The van der Waals surface area contributed by atoms with E-state index in [0.29, 0.717) is 6.07 Å². The first-order valence-corrected chi connectivity index (χ1v) is 9.82. The average molecular weight is 373 g/mol. The normalized spacial score (nSPS) is 19.9. The van der Waals surface area contributed by atoms with Crippen LogP contribution in [0, 0.1) is 11.6 Å². The van der Waals surface area contributed by atoms with Crippen molar-refractivity contribution >= 4 is 16.1 Å². The topological polar surface area (TPSA) is 60.9 Å². The number of nitrogens with zero attached hydrogens (tertiary/aromatic N) is 3. The van der Waals surface area contributed by atoms with Gasteiger partial charge in [-0.1, -0.05) is 0 Å². The quantitative estimate of drug-likeness (QED) is 0.795. The molecule has 138 valence electrons. The number of hydrogen-bond acceptors (Lipinski definition) is 3. The summed E-state index contributed by atoms with van der Waals surface area (Å²) in [5.74, 6) is -1.87. The summed E-state index contributed by atoms with van der Waals surface area (Å²) >= 11 is 0. The number of benzene rings is 1. The van der Waals surface area contributed by atoms with Gasteiger partial charge in [0.25, 0.3) is 0 Å². The van der Waals surface area contributed by atoms with E-state index in [-0.39, 0.29) is 32.2 Å². The average Bonchev–Trinajstić information content (AvgIpc) is 2.61. The van der Waals surface area contributed by atoms with Gasteiger partial charge in [0, 0.05) is 45.3 Å². The van der Waals surface area contributed by atoms with E-state index in [1.165, 1.54) is 4.31 Å². The number of halogens is 2. The Morgan fingerprint density at radius 2 is 1.32 bits per heavy atom. The summed E-state index contributed by atoms with van der Waals surface area (Å²) in [6, 6.07) is 2.19. The first-order valence-electron chi connectivity index (χ1n) is 8.38. The van der Waals surface area contributed by atoms with Crippen molar-refractivity contribution < 1.29 is 22.0 Å². The molecule has 3 rings (SSSR count). The second-order valence-electron chi connectivity index (χ2n) is 6.33. The molecule has 1 aromatic carbocycles. The van der Waals surface area contributed by atoms with E-state index >= 15 is 0 Å². The maximum atomic E-state index is 13.3. The summed E-state index contributed by atoms with van der Waals surface area (Å²) in [5, 5.41) is 0. The Balaban J connectivity index is 1.65. The molecule has 0 bridgehead atoms. The number of rotatable bonds is 2. The molecule has 6 nitrogen and oxygen atoms in total. The molecule has 0 unspecified atom stereocenters. The van der Waals surface area contributed by atoms with Gasteiger partial charge in [-0.25, -0.2) is 22.0 Å². The van der Waals surface area contributed by atoms with Gasteiger partial charge in [-0.05, 0) is 31.4 Å². The summed E-state index contributed by atoms with van der Waals surface area (Å²) < 4.78 is 52.9. The lowest BCUT2D eigenvalue weighted by Crippen LogP contribution is -2.54. The van der Waals surface area contributed by atoms with Crippen LogP contribution in [0.15, 0.2) is 23.1 Å². The molecule has 2 fully saturated rings. The van der Waals surface area contributed by atoms with Crippen LogP contribution in [0.1, 0.15) is 19.3 Å². The van der Waals surface area contributed by atoms with Gasteiger partial charge in [-0.3, -0.25) is 0 Å². The molecule has 25 heavy (non-hydrogen) atoms. The molecule has 2 aliphatic heterocycles. The van der Waals surface area contributed by atoms with E-state index < -0.39 is 26.6 Å². The van der Waals surface area contributed by atoms with E-state index in [9.17, 15) is 22.0 Å². The van der Waals surface area contributed by atoms with Crippen LogP contribution in [0.4, 0.5) is 13.6 Å². The van der Waals surface area contributed by atoms with Gasteiger partial charge in [0.15, 0.2) is 0 Å². The number of carbonyl (C=O) groups excluding carboxylic acids is 1. The third-order valence-electron chi connectivity index (χ3n) is 4.61. The molecular weight excluding hydrogens is 352 g/mol. The maximum Gasteiger partial charge on any atom is 0.320 e. The zero-order chi connectivity index (χ0) is 18.0. The zero-order valence-corrected chi connectivity index (χ0v) is 14.6. The van der Waals surface area contributed by atoms with Crippen molar-refractivity contribution in [1.82, 2.24) is 14.1 Å². The molecule has 2 heterocycles. The smallest absolute Gasteiger partial charge is 0.320 e. The predicted octanol–water partition coefficient (Wildman–Crippen LogP) is 1.88. The van der Waals surface area contributed by atoms with Gasteiger partial charge < -0.3 is 9.80 Å². The Morgan fingerprint density at radius 1 is 0.800 bits per heavy atom. The number of amides is 2. The summed E-state index contributed by atoms with van der Waals surface area (Å²) in [4.78, 5) is 15.5. The minimum atomic E-state index is -3.98. The molecule has 2 saturated heterocycles. The van der Waals surface area contributed by atoms with Crippen molar-refractivity contribution in [1.29, 1.82) is 0 Å². The fourth-order valence-corrected chi connectivity index (χ4v) is 4.70. The van der Waals surface area contributed by atoms with Crippen LogP contribution in [0.3, 0.4) is 0 Å².